The van der Waals surface area contributed by atoms with Gasteiger partial charge >= 0.3 is 0 Å². The Labute approximate surface area is 147 Å². The lowest BCUT2D eigenvalue weighted by molar-refractivity contribution is 0.684. The molecule has 0 radical (unpaired) electrons. The number of aryl methyl sites for hydroxylation is 1. The molecule has 124 valence electrons. The second-order valence-electron chi connectivity index (χ2n) is 5.21. The van der Waals surface area contributed by atoms with E-state index in [-0.39, 0.29) is 6.04 Å². The van der Waals surface area contributed by atoms with E-state index in [2.05, 4.69) is 34.5 Å². The van der Waals surface area contributed by atoms with Gasteiger partial charge in [0.2, 0.25) is 0 Å². The van der Waals surface area contributed by atoms with Gasteiger partial charge in [0.05, 0.1) is 11.0 Å². The van der Waals surface area contributed by atoms with Crippen molar-refractivity contribution in [2.45, 2.75) is 32.7 Å². The van der Waals surface area contributed by atoms with E-state index in [9.17, 15) is 0 Å². The van der Waals surface area contributed by atoms with Gasteiger partial charge in [-0.1, -0.05) is 36.7 Å². The van der Waals surface area contributed by atoms with Crippen molar-refractivity contribution in [2.75, 3.05) is 13.6 Å². The van der Waals surface area contributed by atoms with Crippen molar-refractivity contribution in [3.8, 4) is 0 Å². The molecule has 1 aromatic heterocycles. The van der Waals surface area contributed by atoms with E-state index in [0.29, 0.717) is 0 Å². The number of aromatic nitrogens is 1. The molecule has 4 nitrogen and oxygen atoms in total. The van der Waals surface area contributed by atoms with Gasteiger partial charge in [0.25, 0.3) is 0 Å². The molecule has 1 heterocycles. The minimum atomic E-state index is 0.0847. The maximum Gasteiger partial charge on any atom is 0.191 e. The van der Waals surface area contributed by atoms with Crippen molar-refractivity contribution in [1.29, 1.82) is 0 Å². The number of halogens is 1. The van der Waals surface area contributed by atoms with E-state index in [4.69, 9.17) is 11.6 Å². The summed E-state index contributed by atoms with van der Waals surface area (Å²) >= 11 is 8.02. The minimum Gasteiger partial charge on any atom is -0.356 e. The Hall–Kier alpha value is -1.59. The Morgan fingerprint density at radius 3 is 2.83 bits per heavy atom. The van der Waals surface area contributed by atoms with Gasteiger partial charge in [-0.25, -0.2) is 4.98 Å². The Morgan fingerprint density at radius 2 is 2.17 bits per heavy atom. The zero-order valence-electron chi connectivity index (χ0n) is 13.8. The SMILES string of the molecule is CCc1cnc(CCNC(=NC)NC(C)c2ccccc2Cl)s1. The van der Waals surface area contributed by atoms with Crippen LogP contribution in [0.2, 0.25) is 5.02 Å². The molecule has 0 aliphatic carbocycles. The van der Waals surface area contributed by atoms with Gasteiger partial charge in [0, 0.05) is 36.1 Å². The summed E-state index contributed by atoms with van der Waals surface area (Å²) < 4.78 is 0. The number of aliphatic imine (C=N–C) groups is 1. The number of rotatable bonds is 6. The average molecular weight is 351 g/mol. The quantitative estimate of drug-likeness (QED) is 0.615. The molecule has 6 heteroatoms. The van der Waals surface area contributed by atoms with Crippen LogP contribution in [-0.4, -0.2) is 24.5 Å². The zero-order chi connectivity index (χ0) is 16.7. The van der Waals surface area contributed by atoms with Gasteiger partial charge in [-0.2, -0.15) is 0 Å². The van der Waals surface area contributed by atoms with Crippen molar-refractivity contribution in [1.82, 2.24) is 15.6 Å². The van der Waals surface area contributed by atoms with E-state index < -0.39 is 0 Å². The average Bonchev–Trinajstić information content (AvgIpc) is 3.02. The van der Waals surface area contributed by atoms with E-state index in [1.807, 2.05) is 30.5 Å². The topological polar surface area (TPSA) is 49.3 Å². The highest BCUT2D eigenvalue weighted by atomic mass is 35.5. The van der Waals surface area contributed by atoms with Crippen LogP contribution in [0.1, 0.15) is 35.3 Å². The number of benzene rings is 1. The lowest BCUT2D eigenvalue weighted by atomic mass is 10.1. The predicted molar refractivity (Wildman–Crippen MR) is 99.6 cm³/mol. The second kappa shape index (κ2) is 8.89. The van der Waals surface area contributed by atoms with Gasteiger partial charge in [-0.15, -0.1) is 11.3 Å². The summed E-state index contributed by atoms with van der Waals surface area (Å²) in [5.74, 6) is 0.768. The molecule has 0 saturated heterocycles. The van der Waals surface area contributed by atoms with Gasteiger partial charge in [-0.05, 0) is 25.0 Å². The molecule has 1 aromatic carbocycles. The molecule has 1 atom stereocenters. The summed E-state index contributed by atoms with van der Waals surface area (Å²) in [4.78, 5) is 10.0. The van der Waals surface area contributed by atoms with Crippen LogP contribution in [0.5, 0.6) is 0 Å². The Bertz CT molecular complexity index is 654. The highest BCUT2D eigenvalue weighted by Gasteiger charge is 2.10. The Morgan fingerprint density at radius 1 is 1.39 bits per heavy atom. The standard InChI is InChI=1S/C17H23ClN4S/c1-4-13-11-21-16(23-13)9-10-20-17(19-3)22-12(2)14-7-5-6-8-15(14)18/h5-8,11-12H,4,9-10H2,1-3H3,(H2,19,20,22). The summed E-state index contributed by atoms with van der Waals surface area (Å²) in [7, 11) is 1.77. The molecule has 0 amide bonds. The third kappa shape index (κ3) is 5.22. The third-order valence-corrected chi connectivity index (χ3v) is 5.08. The van der Waals surface area contributed by atoms with Crippen LogP contribution in [0.3, 0.4) is 0 Å². The molecule has 23 heavy (non-hydrogen) atoms. The number of hydrogen-bond donors (Lipinski definition) is 2. The number of guanidine groups is 1. The first-order valence-corrected chi connectivity index (χ1v) is 8.98. The summed E-state index contributed by atoms with van der Waals surface area (Å²) in [5.41, 5.74) is 1.06. The van der Waals surface area contributed by atoms with Gasteiger partial charge < -0.3 is 10.6 Å². The summed E-state index contributed by atoms with van der Waals surface area (Å²) in [5, 5.41) is 8.61. The molecule has 2 rings (SSSR count). The number of hydrogen-bond acceptors (Lipinski definition) is 3. The first kappa shape index (κ1) is 17.8. The molecular formula is C17H23ClN4S. The lowest BCUT2D eigenvalue weighted by Crippen LogP contribution is -2.39. The predicted octanol–water partition coefficient (Wildman–Crippen LogP) is 3.83. The lowest BCUT2D eigenvalue weighted by Gasteiger charge is -2.19. The van der Waals surface area contributed by atoms with Crippen LogP contribution in [-0.2, 0) is 12.8 Å². The van der Waals surface area contributed by atoms with Crippen LogP contribution in [0.4, 0.5) is 0 Å². The first-order valence-electron chi connectivity index (χ1n) is 7.79. The Kier molecular flexibility index (Phi) is 6.86. The fourth-order valence-corrected chi connectivity index (χ4v) is 3.38. The smallest absolute Gasteiger partial charge is 0.191 e. The van der Waals surface area contributed by atoms with Crippen molar-refractivity contribution < 1.29 is 0 Å². The largest absolute Gasteiger partial charge is 0.356 e. The van der Waals surface area contributed by atoms with Crippen molar-refractivity contribution in [3.05, 3.63) is 50.9 Å². The summed E-state index contributed by atoms with van der Waals surface area (Å²) in [6, 6.07) is 7.93. The monoisotopic (exact) mass is 350 g/mol. The summed E-state index contributed by atoms with van der Waals surface area (Å²) in [6.07, 6.45) is 3.90. The summed E-state index contributed by atoms with van der Waals surface area (Å²) in [6.45, 7) is 5.02. The molecule has 2 aromatic rings. The number of nitrogens with zero attached hydrogens (tertiary/aromatic N) is 2. The molecule has 0 aliphatic rings. The molecule has 2 N–H and O–H groups in total. The maximum absolute atomic E-state index is 6.24. The van der Waals surface area contributed by atoms with Crippen molar-refractivity contribution in [2.24, 2.45) is 4.99 Å². The zero-order valence-corrected chi connectivity index (χ0v) is 15.3. The van der Waals surface area contributed by atoms with Gasteiger partial charge in [0.1, 0.15) is 0 Å². The van der Waals surface area contributed by atoms with Crippen LogP contribution in [0, 0.1) is 0 Å². The second-order valence-corrected chi connectivity index (χ2v) is 6.82. The fraction of sp³-hybridized carbons (Fsp3) is 0.412. The molecule has 1 unspecified atom stereocenters. The van der Waals surface area contributed by atoms with Crippen molar-refractivity contribution in [3.63, 3.8) is 0 Å². The van der Waals surface area contributed by atoms with Crippen molar-refractivity contribution >= 4 is 28.9 Å². The number of nitrogens with one attached hydrogen (secondary N) is 2. The first-order chi connectivity index (χ1) is 11.1. The van der Waals surface area contributed by atoms with Crippen LogP contribution >= 0.6 is 22.9 Å². The molecule has 0 saturated carbocycles. The highest BCUT2D eigenvalue weighted by molar-refractivity contribution is 7.11. The number of thiazole rings is 1. The normalized spacial score (nSPS) is 13.0. The molecule has 0 fully saturated rings. The molecule has 0 aliphatic heterocycles. The van der Waals surface area contributed by atoms with E-state index in [1.165, 1.54) is 4.88 Å². The van der Waals surface area contributed by atoms with Crippen LogP contribution < -0.4 is 10.6 Å². The highest BCUT2D eigenvalue weighted by Crippen LogP contribution is 2.21. The third-order valence-electron chi connectivity index (χ3n) is 3.53. The van der Waals surface area contributed by atoms with Crippen LogP contribution in [0.25, 0.3) is 0 Å². The van der Waals surface area contributed by atoms with Crippen LogP contribution in [0.15, 0.2) is 35.5 Å². The maximum atomic E-state index is 6.24. The van der Waals surface area contributed by atoms with Gasteiger partial charge in [-0.3, -0.25) is 4.99 Å². The molecular weight excluding hydrogens is 328 g/mol. The molecule has 0 spiro atoms. The van der Waals surface area contributed by atoms with E-state index in [0.717, 1.165) is 40.9 Å². The molecule has 0 bridgehead atoms. The fourth-order valence-electron chi connectivity index (χ4n) is 2.22. The Balaban J connectivity index is 1.84. The van der Waals surface area contributed by atoms with E-state index >= 15 is 0 Å². The van der Waals surface area contributed by atoms with Gasteiger partial charge in [0.15, 0.2) is 5.96 Å². The van der Waals surface area contributed by atoms with E-state index in [1.54, 1.807) is 18.4 Å². The minimum absolute atomic E-state index is 0.0847.